The van der Waals surface area contributed by atoms with Crippen LogP contribution in [0.15, 0.2) is 27.8 Å². The zero-order valence-corrected chi connectivity index (χ0v) is 15.3. The van der Waals surface area contributed by atoms with Crippen LogP contribution in [0, 0.1) is 5.41 Å². The Morgan fingerprint density at radius 2 is 2.33 bits per heavy atom. The van der Waals surface area contributed by atoms with Gasteiger partial charge in [-0.15, -0.1) is 0 Å². The maximum Gasteiger partial charge on any atom is 0.191 e. The first kappa shape index (κ1) is 18.8. The molecule has 3 atom stereocenters. The Kier molecular flexibility index (Phi) is 7.16. The number of aliphatic hydroxyl groups is 1. The van der Waals surface area contributed by atoms with Gasteiger partial charge in [0.2, 0.25) is 0 Å². The molecule has 0 bridgehead atoms. The molecule has 1 aromatic heterocycles. The van der Waals surface area contributed by atoms with Crippen LogP contribution < -0.4 is 10.6 Å². The van der Waals surface area contributed by atoms with E-state index in [2.05, 4.69) is 31.4 Å². The van der Waals surface area contributed by atoms with E-state index in [0.717, 1.165) is 50.4 Å². The molecule has 24 heavy (non-hydrogen) atoms. The minimum atomic E-state index is -0.247. The maximum absolute atomic E-state index is 10.3. The molecule has 3 N–H and O–H groups in total. The van der Waals surface area contributed by atoms with E-state index in [-0.39, 0.29) is 11.5 Å². The molecule has 1 aliphatic carbocycles. The van der Waals surface area contributed by atoms with E-state index in [4.69, 9.17) is 9.41 Å². The number of rotatable bonds is 7. The Morgan fingerprint density at radius 1 is 1.50 bits per heavy atom. The SMILES string of the molecule is CCC(C)NC(=NCC1(C)CCCCC1O)NCCc1ccco1. The number of aliphatic hydroxyl groups excluding tert-OH is 1. The van der Waals surface area contributed by atoms with Gasteiger partial charge < -0.3 is 20.2 Å². The molecule has 1 aromatic rings. The quantitative estimate of drug-likeness (QED) is 0.529. The summed E-state index contributed by atoms with van der Waals surface area (Å²) in [6.07, 6.45) is 7.57. The van der Waals surface area contributed by atoms with Crippen LogP contribution in [0.4, 0.5) is 0 Å². The summed E-state index contributed by atoms with van der Waals surface area (Å²) in [6.45, 7) is 7.89. The number of furan rings is 1. The van der Waals surface area contributed by atoms with Gasteiger partial charge in [-0.25, -0.2) is 0 Å². The van der Waals surface area contributed by atoms with E-state index in [9.17, 15) is 5.11 Å². The fourth-order valence-corrected chi connectivity index (χ4v) is 3.07. The molecule has 2 rings (SSSR count). The molecular formula is C19H33N3O2. The van der Waals surface area contributed by atoms with Crippen LogP contribution >= 0.6 is 0 Å². The Balaban J connectivity index is 1.93. The summed E-state index contributed by atoms with van der Waals surface area (Å²) >= 11 is 0. The Hall–Kier alpha value is -1.49. The third-order valence-corrected chi connectivity index (χ3v) is 5.12. The van der Waals surface area contributed by atoms with Crippen molar-refractivity contribution in [1.82, 2.24) is 10.6 Å². The van der Waals surface area contributed by atoms with Crippen LogP contribution in [0.3, 0.4) is 0 Å². The molecule has 1 saturated carbocycles. The second-order valence-corrected chi connectivity index (χ2v) is 7.29. The van der Waals surface area contributed by atoms with Gasteiger partial charge in [-0.1, -0.05) is 26.7 Å². The predicted molar refractivity (Wildman–Crippen MR) is 98.2 cm³/mol. The molecule has 1 aliphatic rings. The molecule has 3 unspecified atom stereocenters. The summed E-state index contributed by atoms with van der Waals surface area (Å²) in [5.41, 5.74) is -0.108. The highest BCUT2D eigenvalue weighted by Gasteiger charge is 2.35. The summed E-state index contributed by atoms with van der Waals surface area (Å²) in [4.78, 5) is 4.78. The molecule has 0 radical (unpaired) electrons. The normalized spacial score (nSPS) is 26.2. The van der Waals surface area contributed by atoms with Gasteiger partial charge >= 0.3 is 0 Å². The Labute approximate surface area is 145 Å². The zero-order valence-electron chi connectivity index (χ0n) is 15.3. The van der Waals surface area contributed by atoms with Crippen molar-refractivity contribution in [2.45, 2.75) is 71.4 Å². The molecule has 0 aliphatic heterocycles. The van der Waals surface area contributed by atoms with Crippen molar-refractivity contribution >= 4 is 5.96 Å². The van der Waals surface area contributed by atoms with Crippen molar-refractivity contribution < 1.29 is 9.52 Å². The standard InChI is InChI=1S/C19H33N3O2/c1-4-15(2)22-18(20-12-10-16-8-7-13-24-16)21-14-19(3)11-6-5-9-17(19)23/h7-8,13,15,17,23H,4-6,9-12,14H2,1-3H3,(H2,20,21,22). The number of aliphatic imine (C=N–C) groups is 1. The van der Waals surface area contributed by atoms with E-state index in [1.54, 1.807) is 6.26 Å². The van der Waals surface area contributed by atoms with Crippen LogP contribution in [0.1, 0.15) is 58.6 Å². The van der Waals surface area contributed by atoms with Gasteiger partial charge in [0.1, 0.15) is 5.76 Å². The van der Waals surface area contributed by atoms with E-state index in [0.29, 0.717) is 12.6 Å². The van der Waals surface area contributed by atoms with Crippen molar-refractivity contribution in [2.75, 3.05) is 13.1 Å². The van der Waals surface area contributed by atoms with Gasteiger partial charge in [-0.3, -0.25) is 4.99 Å². The van der Waals surface area contributed by atoms with Gasteiger partial charge in [-0.05, 0) is 38.3 Å². The van der Waals surface area contributed by atoms with Crippen molar-refractivity contribution in [3.63, 3.8) is 0 Å². The smallest absolute Gasteiger partial charge is 0.191 e. The van der Waals surface area contributed by atoms with Gasteiger partial charge in [0, 0.05) is 24.4 Å². The number of guanidine groups is 1. The third-order valence-electron chi connectivity index (χ3n) is 5.12. The fourth-order valence-electron chi connectivity index (χ4n) is 3.07. The van der Waals surface area contributed by atoms with Crippen LogP contribution in [0.2, 0.25) is 0 Å². The average Bonchev–Trinajstić information content (AvgIpc) is 3.08. The molecule has 5 nitrogen and oxygen atoms in total. The fraction of sp³-hybridized carbons (Fsp3) is 0.737. The van der Waals surface area contributed by atoms with Crippen LogP contribution in [0.5, 0.6) is 0 Å². The Bertz CT molecular complexity index is 501. The first-order valence-corrected chi connectivity index (χ1v) is 9.29. The second kappa shape index (κ2) is 9.11. The van der Waals surface area contributed by atoms with Crippen LogP contribution in [0.25, 0.3) is 0 Å². The van der Waals surface area contributed by atoms with Gasteiger partial charge in [0.05, 0.1) is 18.9 Å². The largest absolute Gasteiger partial charge is 0.469 e. The highest BCUT2D eigenvalue weighted by molar-refractivity contribution is 5.80. The number of hydrogen-bond donors (Lipinski definition) is 3. The molecule has 1 heterocycles. The second-order valence-electron chi connectivity index (χ2n) is 7.29. The minimum Gasteiger partial charge on any atom is -0.469 e. The van der Waals surface area contributed by atoms with E-state index < -0.39 is 0 Å². The molecule has 136 valence electrons. The molecule has 0 amide bonds. The highest BCUT2D eigenvalue weighted by atomic mass is 16.3. The lowest BCUT2D eigenvalue weighted by molar-refractivity contribution is 0.00715. The summed E-state index contributed by atoms with van der Waals surface area (Å²) in [6, 6.07) is 4.26. The molecular weight excluding hydrogens is 302 g/mol. The van der Waals surface area contributed by atoms with Crippen molar-refractivity contribution in [3.8, 4) is 0 Å². The lowest BCUT2D eigenvalue weighted by Gasteiger charge is -2.37. The van der Waals surface area contributed by atoms with E-state index in [1.165, 1.54) is 6.42 Å². The van der Waals surface area contributed by atoms with Crippen molar-refractivity contribution in [1.29, 1.82) is 0 Å². The maximum atomic E-state index is 10.3. The predicted octanol–water partition coefficient (Wildman–Crippen LogP) is 3.10. The molecule has 5 heteroatoms. The first-order chi connectivity index (χ1) is 11.5. The van der Waals surface area contributed by atoms with Gasteiger partial charge in [0.15, 0.2) is 5.96 Å². The lowest BCUT2D eigenvalue weighted by atomic mass is 9.73. The summed E-state index contributed by atoms with van der Waals surface area (Å²) in [7, 11) is 0. The van der Waals surface area contributed by atoms with Crippen LogP contribution in [-0.4, -0.2) is 36.3 Å². The number of hydrogen-bond acceptors (Lipinski definition) is 3. The summed E-state index contributed by atoms with van der Waals surface area (Å²) < 4.78 is 5.37. The first-order valence-electron chi connectivity index (χ1n) is 9.29. The lowest BCUT2D eigenvalue weighted by Crippen LogP contribution is -2.44. The number of nitrogens with one attached hydrogen (secondary N) is 2. The van der Waals surface area contributed by atoms with Crippen LogP contribution in [-0.2, 0) is 6.42 Å². The molecule has 0 spiro atoms. The molecule has 1 fully saturated rings. The highest BCUT2D eigenvalue weighted by Crippen LogP contribution is 2.36. The van der Waals surface area contributed by atoms with Gasteiger partial charge in [-0.2, -0.15) is 0 Å². The third kappa shape index (κ3) is 5.55. The average molecular weight is 335 g/mol. The minimum absolute atomic E-state index is 0.108. The van der Waals surface area contributed by atoms with E-state index in [1.807, 2.05) is 12.1 Å². The van der Waals surface area contributed by atoms with Crippen molar-refractivity contribution in [2.24, 2.45) is 10.4 Å². The molecule has 0 aromatic carbocycles. The summed E-state index contributed by atoms with van der Waals surface area (Å²) in [5.74, 6) is 1.80. The van der Waals surface area contributed by atoms with Gasteiger partial charge in [0.25, 0.3) is 0 Å². The molecule has 0 saturated heterocycles. The summed E-state index contributed by atoms with van der Waals surface area (Å²) in [5, 5.41) is 17.2. The zero-order chi connectivity index (χ0) is 17.4. The monoisotopic (exact) mass is 335 g/mol. The number of nitrogens with zero attached hydrogens (tertiary/aromatic N) is 1. The topological polar surface area (TPSA) is 69.8 Å². The van der Waals surface area contributed by atoms with E-state index >= 15 is 0 Å². The van der Waals surface area contributed by atoms with Crippen molar-refractivity contribution in [3.05, 3.63) is 24.2 Å². The Morgan fingerprint density at radius 3 is 3.00 bits per heavy atom.